The third-order valence-electron chi connectivity index (χ3n) is 5.24. The van der Waals surface area contributed by atoms with Gasteiger partial charge in [0.1, 0.15) is 23.8 Å². The lowest BCUT2D eigenvalue weighted by Gasteiger charge is -2.39. The fraction of sp³-hybridized carbons (Fsp3) is 0.750. The molecule has 0 aromatic rings. The fourth-order valence-electron chi connectivity index (χ4n) is 3.49. The molecule has 0 bridgehead atoms. The minimum Gasteiger partial charge on any atom is -0.493 e. The summed E-state index contributed by atoms with van der Waals surface area (Å²) >= 11 is 0. The third kappa shape index (κ3) is 4.71. The number of allylic oxidation sites excluding steroid dienone is 2. The van der Waals surface area contributed by atoms with E-state index in [0.29, 0.717) is 24.2 Å². The summed E-state index contributed by atoms with van der Waals surface area (Å²) in [6, 6.07) is 0. The summed E-state index contributed by atoms with van der Waals surface area (Å²) in [6.07, 6.45) is 0.253. The first-order chi connectivity index (χ1) is 11.7. The van der Waals surface area contributed by atoms with Gasteiger partial charge in [0.25, 0.3) is 0 Å². The Morgan fingerprint density at radius 2 is 1.76 bits per heavy atom. The topological polar surface area (TPSA) is 69.7 Å². The van der Waals surface area contributed by atoms with E-state index >= 15 is 0 Å². The summed E-state index contributed by atoms with van der Waals surface area (Å²) < 4.78 is 11.7. The summed E-state index contributed by atoms with van der Waals surface area (Å²) in [5, 5.41) is 0. The lowest BCUT2D eigenvalue weighted by molar-refractivity contribution is -0.161. The van der Waals surface area contributed by atoms with Crippen LogP contribution in [0.1, 0.15) is 67.7 Å². The van der Waals surface area contributed by atoms with E-state index in [0.717, 1.165) is 0 Å². The molecule has 1 heterocycles. The van der Waals surface area contributed by atoms with Gasteiger partial charge in [-0.1, -0.05) is 41.5 Å². The van der Waals surface area contributed by atoms with Gasteiger partial charge in [0, 0.05) is 30.8 Å². The molecule has 0 aromatic heterocycles. The number of hydrogen-bond donors (Lipinski definition) is 0. The molecule has 25 heavy (non-hydrogen) atoms. The van der Waals surface area contributed by atoms with Crippen LogP contribution in [0, 0.1) is 17.8 Å². The zero-order valence-electron chi connectivity index (χ0n) is 16.5. The molecule has 142 valence electrons. The SMILES string of the molecule is CCC(=O)O[C@@H]([C@H](C)[C@H]1OC(CC)=C(C)C(=O)[C@@H]1C)[C@@H](C)C(=O)CC. The number of carbonyl (C=O) groups is 3. The smallest absolute Gasteiger partial charge is 0.305 e. The van der Waals surface area contributed by atoms with Crippen molar-refractivity contribution in [3.8, 4) is 0 Å². The molecule has 5 atom stereocenters. The molecule has 0 spiro atoms. The van der Waals surface area contributed by atoms with Gasteiger partial charge < -0.3 is 9.47 Å². The Bertz CT molecular complexity index is 548. The first-order valence-corrected chi connectivity index (χ1v) is 9.32. The predicted octanol–water partition coefficient (Wildman–Crippen LogP) is 3.85. The average molecular weight is 352 g/mol. The maximum absolute atomic E-state index is 12.6. The van der Waals surface area contributed by atoms with Crippen LogP contribution in [0.4, 0.5) is 0 Å². The van der Waals surface area contributed by atoms with Gasteiger partial charge in [0.05, 0.1) is 11.8 Å². The summed E-state index contributed by atoms with van der Waals surface area (Å²) in [7, 11) is 0. The van der Waals surface area contributed by atoms with Gasteiger partial charge in [-0.3, -0.25) is 14.4 Å². The van der Waals surface area contributed by atoms with E-state index in [4.69, 9.17) is 9.47 Å². The number of esters is 1. The first kappa shape index (κ1) is 21.4. The van der Waals surface area contributed by atoms with Crippen molar-refractivity contribution >= 4 is 17.5 Å². The summed E-state index contributed by atoms with van der Waals surface area (Å²) in [4.78, 5) is 36.7. The maximum atomic E-state index is 12.6. The van der Waals surface area contributed by atoms with Gasteiger partial charge in [-0.25, -0.2) is 0 Å². The molecule has 0 aliphatic carbocycles. The standard InChI is InChI=1S/C20H32O5/c1-8-15(21)11(4)19(25-17(22)10-3)14(7)20-13(6)18(23)12(5)16(9-2)24-20/h11,13-14,19-20H,8-10H2,1-7H3/t11-,13-,14-,19+,20-/m0/s1. The van der Waals surface area contributed by atoms with E-state index in [1.807, 2.05) is 20.8 Å². The number of ketones is 2. The molecule has 0 saturated carbocycles. The van der Waals surface area contributed by atoms with Gasteiger partial charge in [-0.05, 0) is 6.92 Å². The highest BCUT2D eigenvalue weighted by molar-refractivity contribution is 5.98. The second-order valence-electron chi connectivity index (χ2n) is 6.91. The minimum atomic E-state index is -0.600. The van der Waals surface area contributed by atoms with Crippen molar-refractivity contribution in [2.24, 2.45) is 17.8 Å². The Morgan fingerprint density at radius 3 is 2.24 bits per heavy atom. The molecule has 0 N–H and O–H groups in total. The number of carbonyl (C=O) groups excluding carboxylic acids is 3. The summed E-state index contributed by atoms with van der Waals surface area (Å²) in [5.74, 6) is -0.585. The quantitative estimate of drug-likeness (QED) is 0.621. The lowest BCUT2D eigenvalue weighted by Crippen LogP contribution is -2.47. The Hall–Kier alpha value is -1.65. The van der Waals surface area contributed by atoms with Gasteiger partial charge in [-0.15, -0.1) is 0 Å². The minimum absolute atomic E-state index is 0.0398. The Kier molecular flexibility index (Phi) is 7.84. The van der Waals surface area contributed by atoms with E-state index in [-0.39, 0.29) is 35.8 Å². The molecule has 1 rings (SSSR count). The first-order valence-electron chi connectivity index (χ1n) is 9.32. The Labute approximate surface area is 151 Å². The summed E-state index contributed by atoms with van der Waals surface area (Å²) in [5.41, 5.74) is 0.665. The lowest BCUT2D eigenvalue weighted by atomic mass is 9.78. The Morgan fingerprint density at radius 1 is 1.16 bits per heavy atom. The molecule has 0 fully saturated rings. The molecular formula is C20H32O5. The second-order valence-corrected chi connectivity index (χ2v) is 6.91. The molecule has 5 heteroatoms. The molecule has 0 radical (unpaired) electrons. The van der Waals surface area contributed by atoms with Gasteiger partial charge >= 0.3 is 5.97 Å². The maximum Gasteiger partial charge on any atom is 0.305 e. The van der Waals surface area contributed by atoms with Gasteiger partial charge in [-0.2, -0.15) is 0 Å². The van der Waals surface area contributed by atoms with Crippen LogP contribution in [0.5, 0.6) is 0 Å². The Balaban J connectivity index is 3.15. The third-order valence-corrected chi connectivity index (χ3v) is 5.24. The van der Waals surface area contributed by atoms with Gasteiger partial charge in [0.15, 0.2) is 5.78 Å². The predicted molar refractivity (Wildman–Crippen MR) is 95.8 cm³/mol. The van der Waals surface area contributed by atoms with Crippen LogP contribution in [0.2, 0.25) is 0 Å². The monoisotopic (exact) mass is 352 g/mol. The number of hydrogen-bond acceptors (Lipinski definition) is 5. The van der Waals surface area contributed by atoms with E-state index < -0.39 is 18.1 Å². The van der Waals surface area contributed by atoms with Crippen molar-refractivity contribution in [3.63, 3.8) is 0 Å². The molecule has 1 aliphatic heterocycles. The van der Waals surface area contributed by atoms with E-state index in [1.54, 1.807) is 27.7 Å². The molecule has 0 aromatic carbocycles. The van der Waals surface area contributed by atoms with Crippen molar-refractivity contribution in [3.05, 3.63) is 11.3 Å². The van der Waals surface area contributed by atoms with Crippen molar-refractivity contribution in [2.75, 3.05) is 0 Å². The van der Waals surface area contributed by atoms with Crippen molar-refractivity contribution in [2.45, 2.75) is 79.9 Å². The molecule has 0 unspecified atom stereocenters. The number of Topliss-reactive ketones (excluding diaryl/α,β-unsaturated/α-hetero) is 2. The van der Waals surface area contributed by atoms with E-state index in [1.165, 1.54) is 0 Å². The highest BCUT2D eigenvalue weighted by atomic mass is 16.5. The molecule has 5 nitrogen and oxygen atoms in total. The van der Waals surface area contributed by atoms with Crippen LogP contribution < -0.4 is 0 Å². The molecule has 1 aliphatic rings. The van der Waals surface area contributed by atoms with Crippen LogP contribution in [-0.4, -0.2) is 29.7 Å². The van der Waals surface area contributed by atoms with Gasteiger partial charge in [0.2, 0.25) is 0 Å². The van der Waals surface area contributed by atoms with Crippen LogP contribution in [0.25, 0.3) is 0 Å². The number of ether oxygens (including phenoxy) is 2. The normalized spacial score (nSPS) is 24.4. The van der Waals surface area contributed by atoms with Crippen molar-refractivity contribution in [1.82, 2.24) is 0 Å². The molecule has 0 saturated heterocycles. The highest BCUT2D eigenvalue weighted by Crippen LogP contribution is 2.35. The van der Waals surface area contributed by atoms with Crippen LogP contribution in [-0.2, 0) is 23.9 Å². The largest absolute Gasteiger partial charge is 0.493 e. The second kappa shape index (κ2) is 9.16. The van der Waals surface area contributed by atoms with Crippen molar-refractivity contribution < 1.29 is 23.9 Å². The zero-order valence-corrected chi connectivity index (χ0v) is 16.5. The number of rotatable bonds is 8. The van der Waals surface area contributed by atoms with Crippen LogP contribution >= 0.6 is 0 Å². The highest BCUT2D eigenvalue weighted by Gasteiger charge is 2.43. The van der Waals surface area contributed by atoms with Crippen molar-refractivity contribution in [1.29, 1.82) is 0 Å². The average Bonchev–Trinajstić information content (AvgIpc) is 2.62. The summed E-state index contributed by atoms with van der Waals surface area (Å²) in [6.45, 7) is 12.8. The van der Waals surface area contributed by atoms with Crippen LogP contribution in [0.3, 0.4) is 0 Å². The molecule has 0 amide bonds. The van der Waals surface area contributed by atoms with E-state index in [2.05, 4.69) is 0 Å². The molecular weight excluding hydrogens is 320 g/mol. The van der Waals surface area contributed by atoms with Crippen LogP contribution in [0.15, 0.2) is 11.3 Å². The zero-order chi connectivity index (χ0) is 19.3. The fourth-order valence-corrected chi connectivity index (χ4v) is 3.49. The van der Waals surface area contributed by atoms with E-state index in [9.17, 15) is 14.4 Å².